The second-order valence-corrected chi connectivity index (χ2v) is 5.36. The zero-order valence-corrected chi connectivity index (χ0v) is 12.4. The molecule has 1 N–H and O–H groups in total. The lowest BCUT2D eigenvalue weighted by Crippen LogP contribution is -2.32. The number of hydrogen-bond donors (Lipinski definition) is 1. The van der Waals surface area contributed by atoms with Crippen LogP contribution in [0.25, 0.3) is 0 Å². The topological polar surface area (TPSA) is 35.8 Å². The Bertz CT molecular complexity index is 326. The van der Waals surface area contributed by atoms with Gasteiger partial charge in [0.25, 0.3) is 0 Å². The fourth-order valence-electron chi connectivity index (χ4n) is 2.36. The van der Waals surface area contributed by atoms with Gasteiger partial charge in [-0.15, -0.1) is 0 Å². The van der Waals surface area contributed by atoms with E-state index >= 15 is 0 Å². The highest BCUT2D eigenvalue weighted by Gasteiger charge is 2.19. The SMILES string of the molecule is C=C(/N=C\C(C)=C/C)N1CCC(CCCCO)CC1. The lowest BCUT2D eigenvalue weighted by Gasteiger charge is -2.33. The maximum atomic E-state index is 8.79. The van der Waals surface area contributed by atoms with E-state index in [4.69, 9.17) is 5.11 Å². The van der Waals surface area contributed by atoms with Gasteiger partial charge in [0.2, 0.25) is 0 Å². The zero-order chi connectivity index (χ0) is 14.1. The third kappa shape index (κ3) is 6.06. The van der Waals surface area contributed by atoms with Gasteiger partial charge in [-0.2, -0.15) is 0 Å². The number of allylic oxidation sites excluding steroid dienone is 2. The van der Waals surface area contributed by atoms with Gasteiger partial charge in [-0.1, -0.05) is 25.5 Å². The average Bonchev–Trinajstić information content (AvgIpc) is 2.45. The Balaban J connectivity index is 2.29. The lowest BCUT2D eigenvalue weighted by atomic mass is 9.92. The molecule has 19 heavy (non-hydrogen) atoms. The van der Waals surface area contributed by atoms with Gasteiger partial charge in [-0.25, -0.2) is 4.99 Å². The van der Waals surface area contributed by atoms with Crippen molar-refractivity contribution in [1.82, 2.24) is 4.90 Å². The quantitative estimate of drug-likeness (QED) is 0.565. The smallest absolute Gasteiger partial charge is 0.121 e. The number of hydrogen-bond acceptors (Lipinski definition) is 3. The second-order valence-electron chi connectivity index (χ2n) is 5.36. The molecule has 1 fully saturated rings. The van der Waals surface area contributed by atoms with Crippen LogP contribution in [-0.2, 0) is 0 Å². The summed E-state index contributed by atoms with van der Waals surface area (Å²) < 4.78 is 0. The van der Waals surface area contributed by atoms with Gasteiger partial charge >= 0.3 is 0 Å². The van der Waals surface area contributed by atoms with Crippen LogP contribution >= 0.6 is 0 Å². The summed E-state index contributed by atoms with van der Waals surface area (Å²) in [7, 11) is 0. The molecule has 1 aliphatic rings. The van der Waals surface area contributed by atoms with Gasteiger partial charge in [0, 0.05) is 25.9 Å². The van der Waals surface area contributed by atoms with Crippen molar-refractivity contribution in [3.05, 3.63) is 24.0 Å². The van der Waals surface area contributed by atoms with Crippen molar-refractivity contribution in [2.75, 3.05) is 19.7 Å². The predicted octanol–water partition coefficient (Wildman–Crippen LogP) is 3.37. The van der Waals surface area contributed by atoms with Gasteiger partial charge in [0.1, 0.15) is 5.82 Å². The van der Waals surface area contributed by atoms with Crippen LogP contribution in [0.3, 0.4) is 0 Å². The van der Waals surface area contributed by atoms with Crippen molar-refractivity contribution in [2.45, 2.75) is 46.0 Å². The maximum Gasteiger partial charge on any atom is 0.121 e. The molecule has 1 heterocycles. The van der Waals surface area contributed by atoms with Crippen LogP contribution in [0, 0.1) is 5.92 Å². The van der Waals surface area contributed by atoms with Crippen LogP contribution in [0.5, 0.6) is 0 Å². The lowest BCUT2D eigenvalue weighted by molar-refractivity contribution is 0.210. The number of likely N-dealkylation sites (tertiary alicyclic amines) is 1. The molecule has 0 aromatic heterocycles. The van der Waals surface area contributed by atoms with E-state index in [-0.39, 0.29) is 0 Å². The average molecular weight is 264 g/mol. The Morgan fingerprint density at radius 3 is 2.63 bits per heavy atom. The van der Waals surface area contributed by atoms with E-state index in [1.807, 2.05) is 26.1 Å². The van der Waals surface area contributed by atoms with Crippen molar-refractivity contribution in [3.8, 4) is 0 Å². The molecule has 1 rings (SSSR count). The minimum atomic E-state index is 0.328. The Hall–Kier alpha value is -1.09. The minimum Gasteiger partial charge on any atom is -0.396 e. The van der Waals surface area contributed by atoms with Crippen LogP contribution < -0.4 is 0 Å². The Morgan fingerprint density at radius 2 is 2.05 bits per heavy atom. The molecule has 0 unspecified atom stereocenters. The van der Waals surface area contributed by atoms with Crippen molar-refractivity contribution in [2.24, 2.45) is 10.9 Å². The van der Waals surface area contributed by atoms with E-state index in [2.05, 4.69) is 16.5 Å². The molecule has 3 heteroatoms. The molecule has 0 radical (unpaired) electrons. The normalized spacial score (nSPS) is 18.3. The van der Waals surface area contributed by atoms with E-state index in [0.29, 0.717) is 6.61 Å². The number of nitrogens with zero attached hydrogens (tertiary/aromatic N) is 2. The summed E-state index contributed by atoms with van der Waals surface area (Å²) in [6.45, 7) is 10.6. The van der Waals surface area contributed by atoms with Gasteiger partial charge in [0.05, 0.1) is 0 Å². The first-order chi connectivity index (χ1) is 9.17. The van der Waals surface area contributed by atoms with Crippen LogP contribution in [0.1, 0.15) is 46.0 Å². The summed E-state index contributed by atoms with van der Waals surface area (Å²) in [6, 6.07) is 0. The highest BCUT2D eigenvalue weighted by Crippen LogP contribution is 2.24. The minimum absolute atomic E-state index is 0.328. The van der Waals surface area contributed by atoms with Crippen molar-refractivity contribution in [3.63, 3.8) is 0 Å². The summed E-state index contributed by atoms with van der Waals surface area (Å²) in [5.41, 5.74) is 1.17. The number of piperidine rings is 1. The molecule has 0 saturated carbocycles. The molecule has 0 aromatic carbocycles. The van der Waals surface area contributed by atoms with Crippen LogP contribution in [0.4, 0.5) is 0 Å². The molecule has 0 aromatic rings. The van der Waals surface area contributed by atoms with E-state index < -0.39 is 0 Å². The van der Waals surface area contributed by atoms with Gasteiger partial charge in [-0.05, 0) is 44.6 Å². The Morgan fingerprint density at radius 1 is 1.37 bits per heavy atom. The number of aliphatic imine (C=N–C) groups is 1. The van der Waals surface area contributed by atoms with E-state index in [1.54, 1.807) is 0 Å². The third-order valence-corrected chi connectivity index (χ3v) is 3.87. The Labute approximate surface area is 117 Å². The standard InChI is InChI=1S/C16H28N2O/c1-4-14(2)13-17-15(3)18-10-8-16(9-11-18)7-5-6-12-19/h4,13,16,19H,3,5-12H2,1-2H3/b14-4-,17-13-. The molecule has 0 aliphatic carbocycles. The van der Waals surface area contributed by atoms with E-state index in [0.717, 1.165) is 37.7 Å². The molecule has 0 amide bonds. The molecular weight excluding hydrogens is 236 g/mol. The van der Waals surface area contributed by atoms with Crippen LogP contribution in [0.2, 0.25) is 0 Å². The fraction of sp³-hybridized carbons (Fsp3) is 0.688. The molecule has 3 nitrogen and oxygen atoms in total. The molecule has 108 valence electrons. The number of unbranched alkanes of at least 4 members (excludes halogenated alkanes) is 1. The highest BCUT2D eigenvalue weighted by atomic mass is 16.2. The van der Waals surface area contributed by atoms with E-state index in [9.17, 15) is 0 Å². The van der Waals surface area contributed by atoms with Crippen molar-refractivity contribution in [1.29, 1.82) is 0 Å². The predicted molar refractivity (Wildman–Crippen MR) is 82.3 cm³/mol. The highest BCUT2D eigenvalue weighted by molar-refractivity contribution is 5.78. The number of aliphatic hydroxyl groups excluding tert-OH is 1. The Kier molecular flexibility index (Phi) is 7.49. The van der Waals surface area contributed by atoms with Gasteiger partial charge in [-0.3, -0.25) is 0 Å². The second kappa shape index (κ2) is 8.92. The summed E-state index contributed by atoms with van der Waals surface area (Å²) >= 11 is 0. The molecular formula is C16H28N2O. The molecule has 0 bridgehead atoms. The fourth-order valence-corrected chi connectivity index (χ4v) is 2.36. The molecule has 1 aliphatic heterocycles. The zero-order valence-electron chi connectivity index (χ0n) is 12.4. The maximum absolute atomic E-state index is 8.79. The first-order valence-corrected chi connectivity index (χ1v) is 7.39. The largest absolute Gasteiger partial charge is 0.396 e. The number of rotatable bonds is 7. The third-order valence-electron chi connectivity index (χ3n) is 3.87. The summed E-state index contributed by atoms with van der Waals surface area (Å²) in [5.74, 6) is 1.70. The molecule has 1 saturated heterocycles. The number of aliphatic hydroxyl groups is 1. The van der Waals surface area contributed by atoms with Crippen molar-refractivity contribution >= 4 is 6.21 Å². The first kappa shape index (κ1) is 16.0. The molecule has 0 atom stereocenters. The summed E-state index contributed by atoms with van der Waals surface area (Å²) in [5, 5.41) is 8.79. The molecule has 0 spiro atoms. The first-order valence-electron chi connectivity index (χ1n) is 7.39. The summed E-state index contributed by atoms with van der Waals surface area (Å²) in [6.07, 6.45) is 9.73. The van der Waals surface area contributed by atoms with Crippen molar-refractivity contribution < 1.29 is 5.11 Å². The van der Waals surface area contributed by atoms with E-state index in [1.165, 1.54) is 24.8 Å². The van der Waals surface area contributed by atoms with Gasteiger partial charge < -0.3 is 10.0 Å². The summed E-state index contributed by atoms with van der Waals surface area (Å²) in [4.78, 5) is 6.70. The van der Waals surface area contributed by atoms with Gasteiger partial charge in [0.15, 0.2) is 0 Å². The van der Waals surface area contributed by atoms with Crippen LogP contribution in [-0.4, -0.2) is 35.9 Å². The monoisotopic (exact) mass is 264 g/mol. The van der Waals surface area contributed by atoms with Crippen LogP contribution in [0.15, 0.2) is 29.0 Å².